The first-order valence-electron chi connectivity index (χ1n) is 5.68. The molecule has 0 aliphatic carbocycles. The SMILES string of the molecule is O=C(O)CSCC(=O)NCCN1CCNCC1. The lowest BCUT2D eigenvalue weighted by atomic mass is 10.3. The van der Waals surface area contributed by atoms with Crippen LogP contribution in [0.25, 0.3) is 0 Å². The molecule has 1 heterocycles. The molecule has 1 saturated heterocycles. The summed E-state index contributed by atoms with van der Waals surface area (Å²) < 4.78 is 0. The molecule has 0 radical (unpaired) electrons. The van der Waals surface area contributed by atoms with Gasteiger partial charge in [-0.2, -0.15) is 0 Å². The van der Waals surface area contributed by atoms with Crippen molar-refractivity contribution in [3.8, 4) is 0 Å². The molecule has 0 spiro atoms. The van der Waals surface area contributed by atoms with Crippen molar-refractivity contribution in [3.05, 3.63) is 0 Å². The number of nitrogens with one attached hydrogen (secondary N) is 2. The molecule has 3 N–H and O–H groups in total. The number of amides is 1. The van der Waals surface area contributed by atoms with Gasteiger partial charge in [0.25, 0.3) is 0 Å². The van der Waals surface area contributed by atoms with Gasteiger partial charge in [0.05, 0.1) is 11.5 Å². The molecule has 17 heavy (non-hydrogen) atoms. The van der Waals surface area contributed by atoms with Crippen molar-refractivity contribution in [1.29, 1.82) is 0 Å². The Bertz CT molecular complexity index is 257. The minimum Gasteiger partial charge on any atom is -0.481 e. The van der Waals surface area contributed by atoms with Crippen LogP contribution in [0.15, 0.2) is 0 Å². The van der Waals surface area contributed by atoms with Crippen molar-refractivity contribution in [3.63, 3.8) is 0 Å². The van der Waals surface area contributed by atoms with E-state index in [-0.39, 0.29) is 17.4 Å². The summed E-state index contributed by atoms with van der Waals surface area (Å²) in [5, 5.41) is 14.5. The van der Waals surface area contributed by atoms with Crippen molar-refractivity contribution in [1.82, 2.24) is 15.5 Å². The number of carbonyl (C=O) groups excluding carboxylic acids is 1. The molecular weight excluding hydrogens is 242 g/mol. The highest BCUT2D eigenvalue weighted by atomic mass is 32.2. The second-order valence-electron chi connectivity index (χ2n) is 3.83. The largest absolute Gasteiger partial charge is 0.481 e. The molecule has 0 aromatic carbocycles. The normalized spacial score (nSPS) is 16.7. The maximum Gasteiger partial charge on any atom is 0.313 e. The Kier molecular flexibility index (Phi) is 6.99. The van der Waals surface area contributed by atoms with Gasteiger partial charge in [-0.1, -0.05) is 0 Å². The van der Waals surface area contributed by atoms with Crippen LogP contribution < -0.4 is 10.6 Å². The summed E-state index contributed by atoms with van der Waals surface area (Å²) in [5.74, 6) is -0.783. The van der Waals surface area contributed by atoms with Crippen LogP contribution in [0.5, 0.6) is 0 Å². The van der Waals surface area contributed by atoms with E-state index in [1.54, 1.807) is 0 Å². The first-order chi connectivity index (χ1) is 8.18. The molecule has 0 aromatic heterocycles. The Morgan fingerprint density at radius 2 is 2.00 bits per heavy atom. The van der Waals surface area contributed by atoms with Crippen molar-refractivity contribution in [2.45, 2.75) is 0 Å². The van der Waals surface area contributed by atoms with E-state index >= 15 is 0 Å². The van der Waals surface area contributed by atoms with Gasteiger partial charge in [-0.15, -0.1) is 11.8 Å². The number of thioether (sulfide) groups is 1. The maximum atomic E-state index is 11.3. The highest BCUT2D eigenvalue weighted by molar-refractivity contribution is 8.00. The van der Waals surface area contributed by atoms with Crippen LogP contribution in [-0.2, 0) is 9.59 Å². The molecule has 0 aromatic rings. The van der Waals surface area contributed by atoms with Gasteiger partial charge in [0, 0.05) is 39.3 Å². The van der Waals surface area contributed by atoms with E-state index in [4.69, 9.17) is 5.11 Å². The summed E-state index contributed by atoms with van der Waals surface area (Å²) in [7, 11) is 0. The van der Waals surface area contributed by atoms with Crippen molar-refractivity contribution in [2.24, 2.45) is 0 Å². The highest BCUT2D eigenvalue weighted by Crippen LogP contribution is 1.98. The zero-order valence-corrected chi connectivity index (χ0v) is 10.6. The topological polar surface area (TPSA) is 81.7 Å². The second kappa shape index (κ2) is 8.32. The number of nitrogens with zero attached hydrogens (tertiary/aromatic N) is 1. The van der Waals surface area contributed by atoms with E-state index in [1.807, 2.05) is 0 Å². The number of piperazine rings is 1. The number of aliphatic carboxylic acids is 1. The average molecular weight is 261 g/mol. The zero-order chi connectivity index (χ0) is 12.5. The summed E-state index contributed by atoms with van der Waals surface area (Å²) in [6.07, 6.45) is 0. The van der Waals surface area contributed by atoms with Gasteiger partial charge in [-0.3, -0.25) is 14.5 Å². The summed E-state index contributed by atoms with van der Waals surface area (Å²) >= 11 is 1.12. The lowest BCUT2D eigenvalue weighted by molar-refractivity contribution is -0.133. The Balaban J connectivity index is 1.97. The molecule has 1 fully saturated rings. The van der Waals surface area contributed by atoms with E-state index in [1.165, 1.54) is 0 Å². The quantitative estimate of drug-likeness (QED) is 0.535. The Hall–Kier alpha value is -0.790. The fraction of sp³-hybridized carbons (Fsp3) is 0.800. The summed E-state index contributed by atoms with van der Waals surface area (Å²) in [6.45, 7) is 5.53. The van der Waals surface area contributed by atoms with Gasteiger partial charge in [0.1, 0.15) is 0 Å². The molecule has 1 aliphatic heterocycles. The summed E-state index contributed by atoms with van der Waals surface area (Å²) in [4.78, 5) is 23.8. The highest BCUT2D eigenvalue weighted by Gasteiger charge is 2.09. The first-order valence-corrected chi connectivity index (χ1v) is 6.83. The Morgan fingerprint density at radius 3 is 2.65 bits per heavy atom. The maximum absolute atomic E-state index is 11.3. The van der Waals surface area contributed by atoms with E-state index in [2.05, 4.69) is 15.5 Å². The van der Waals surface area contributed by atoms with E-state index in [0.29, 0.717) is 6.54 Å². The third-order valence-corrected chi connectivity index (χ3v) is 3.34. The van der Waals surface area contributed by atoms with Gasteiger partial charge >= 0.3 is 5.97 Å². The molecular formula is C10H19N3O3S. The minimum atomic E-state index is -0.886. The van der Waals surface area contributed by atoms with Gasteiger partial charge in [0.15, 0.2) is 0 Å². The van der Waals surface area contributed by atoms with Gasteiger partial charge < -0.3 is 15.7 Å². The van der Waals surface area contributed by atoms with E-state index < -0.39 is 5.97 Å². The number of carboxylic acids is 1. The number of rotatable bonds is 7. The smallest absolute Gasteiger partial charge is 0.313 e. The molecule has 0 unspecified atom stereocenters. The summed E-state index contributed by atoms with van der Waals surface area (Å²) in [6, 6.07) is 0. The predicted molar refractivity (Wildman–Crippen MR) is 67.3 cm³/mol. The van der Waals surface area contributed by atoms with Gasteiger partial charge in [-0.25, -0.2) is 0 Å². The third kappa shape index (κ3) is 7.19. The monoisotopic (exact) mass is 261 g/mol. The van der Waals surface area contributed by atoms with E-state index in [0.717, 1.165) is 44.5 Å². The summed E-state index contributed by atoms with van der Waals surface area (Å²) in [5.41, 5.74) is 0. The second-order valence-corrected chi connectivity index (χ2v) is 4.81. The number of hydrogen-bond acceptors (Lipinski definition) is 5. The fourth-order valence-corrected chi connectivity index (χ4v) is 2.13. The average Bonchev–Trinajstić information content (AvgIpc) is 2.30. The van der Waals surface area contributed by atoms with Crippen LogP contribution in [-0.4, -0.2) is 72.7 Å². The molecule has 0 saturated carbocycles. The Morgan fingerprint density at radius 1 is 1.29 bits per heavy atom. The molecule has 7 heteroatoms. The van der Waals surface area contributed by atoms with Crippen molar-refractivity contribution >= 4 is 23.6 Å². The van der Waals surface area contributed by atoms with Crippen LogP contribution in [0.4, 0.5) is 0 Å². The van der Waals surface area contributed by atoms with Crippen LogP contribution in [0.1, 0.15) is 0 Å². The molecule has 1 rings (SSSR count). The standard InChI is InChI=1S/C10H19N3O3S/c14-9(7-17-8-10(15)16)12-3-6-13-4-1-11-2-5-13/h11H,1-8H2,(H,12,14)(H,15,16). The fourth-order valence-electron chi connectivity index (χ4n) is 1.57. The molecule has 6 nitrogen and oxygen atoms in total. The molecule has 98 valence electrons. The number of carboxylic acid groups (broad SMARTS) is 1. The zero-order valence-electron chi connectivity index (χ0n) is 9.78. The number of hydrogen-bond donors (Lipinski definition) is 3. The first kappa shape index (κ1) is 14.3. The van der Waals surface area contributed by atoms with Crippen molar-refractivity contribution in [2.75, 3.05) is 50.8 Å². The van der Waals surface area contributed by atoms with E-state index in [9.17, 15) is 9.59 Å². The van der Waals surface area contributed by atoms with Crippen molar-refractivity contribution < 1.29 is 14.7 Å². The number of carbonyl (C=O) groups is 2. The van der Waals surface area contributed by atoms with Crippen LogP contribution in [0.2, 0.25) is 0 Å². The van der Waals surface area contributed by atoms with Crippen LogP contribution >= 0.6 is 11.8 Å². The molecule has 1 amide bonds. The van der Waals surface area contributed by atoms with Crippen LogP contribution in [0.3, 0.4) is 0 Å². The lowest BCUT2D eigenvalue weighted by Crippen LogP contribution is -2.46. The minimum absolute atomic E-state index is 0.0226. The third-order valence-electron chi connectivity index (χ3n) is 2.42. The Labute approximate surface area is 105 Å². The van der Waals surface area contributed by atoms with Gasteiger partial charge in [0.2, 0.25) is 5.91 Å². The molecule has 0 bridgehead atoms. The molecule has 0 atom stereocenters. The predicted octanol–water partition coefficient (Wildman–Crippen LogP) is -1.17. The van der Waals surface area contributed by atoms with Crippen LogP contribution in [0, 0.1) is 0 Å². The lowest BCUT2D eigenvalue weighted by Gasteiger charge is -2.27. The van der Waals surface area contributed by atoms with Gasteiger partial charge in [-0.05, 0) is 0 Å². The molecule has 1 aliphatic rings.